The summed E-state index contributed by atoms with van der Waals surface area (Å²) >= 11 is 6.29. The van der Waals surface area contributed by atoms with Crippen LogP contribution in [0.1, 0.15) is 106 Å². The highest BCUT2D eigenvalue weighted by Gasteiger charge is 2.46. The second-order valence-electron chi connectivity index (χ2n) is 15.4. The highest BCUT2D eigenvalue weighted by molar-refractivity contribution is 6.30. The molecule has 0 spiro atoms. The Hall–Kier alpha value is -2.53. The number of amides is 1. The molecule has 1 fully saturated rings. The minimum absolute atomic E-state index is 0.0242. The Balaban J connectivity index is 1.87. The number of rotatable bonds is 9. The number of carbonyl (C=O) groups is 1. The van der Waals surface area contributed by atoms with Crippen molar-refractivity contribution in [1.82, 2.24) is 9.38 Å². The number of fused-ring (bicyclic) bond motifs is 1. The molecule has 1 aromatic carbocycles. The standard InChI is InChI=1S/C37H54ClN3O2/c1-10-12-13-24(11-2)35(43)40-32-21-33(42)41-22-29(25-14-16-26(38)17-15-25)27(34(41)39-32)20-28-30(36(4,5)6)18-23(3)19-31(28)37(7,8)9/h14-17,21-24,28,30-31,39H,10-13,18-20H2,1-9H3,(H,40,43). The number of halogens is 1. The van der Waals surface area contributed by atoms with Crippen molar-refractivity contribution in [3.05, 3.63) is 57.5 Å². The van der Waals surface area contributed by atoms with Crippen molar-refractivity contribution < 1.29 is 4.79 Å². The number of anilines is 1. The largest absolute Gasteiger partial charge is 0.327 e. The van der Waals surface area contributed by atoms with Gasteiger partial charge in [0.2, 0.25) is 5.91 Å². The number of hydrogen-bond donors (Lipinski definition) is 2. The number of aromatic nitrogens is 2. The molecule has 2 aromatic heterocycles. The number of nitrogens with zero attached hydrogens (tertiary/aromatic N) is 1. The molecule has 1 aliphatic rings. The maximum atomic E-state index is 13.6. The molecule has 1 saturated carbocycles. The number of carbonyl (C=O) groups excluding carboxylic acids is 1. The lowest BCUT2D eigenvalue weighted by Crippen LogP contribution is -2.44. The van der Waals surface area contributed by atoms with Crippen molar-refractivity contribution in [1.29, 1.82) is 0 Å². The van der Waals surface area contributed by atoms with E-state index in [2.05, 4.69) is 72.6 Å². The smallest absolute Gasteiger partial charge is 0.259 e. The first-order valence-corrected chi connectivity index (χ1v) is 16.9. The number of benzene rings is 1. The minimum atomic E-state index is -0.149. The van der Waals surface area contributed by atoms with E-state index in [1.54, 1.807) is 4.40 Å². The molecule has 3 atom stereocenters. The Kier molecular flexibility index (Phi) is 10.3. The molecule has 0 saturated heterocycles. The Labute approximate surface area is 264 Å². The van der Waals surface area contributed by atoms with Crippen LogP contribution in [0.4, 0.5) is 5.82 Å². The molecule has 2 N–H and O–H groups in total. The lowest BCUT2D eigenvalue weighted by atomic mass is 9.54. The van der Waals surface area contributed by atoms with E-state index in [0.717, 1.165) is 54.4 Å². The van der Waals surface area contributed by atoms with Gasteiger partial charge in [-0.05, 0) is 84.3 Å². The third-order valence-corrected chi connectivity index (χ3v) is 10.3. The normalized spacial score (nSPS) is 22.1. The third kappa shape index (κ3) is 7.59. The van der Waals surface area contributed by atoms with Gasteiger partial charge in [-0.2, -0.15) is 0 Å². The van der Waals surface area contributed by atoms with E-state index in [1.165, 1.54) is 18.9 Å². The molecule has 43 heavy (non-hydrogen) atoms. The highest BCUT2D eigenvalue weighted by atomic mass is 35.5. The predicted molar refractivity (Wildman–Crippen MR) is 182 cm³/mol. The van der Waals surface area contributed by atoms with Crippen LogP contribution in [-0.2, 0) is 11.2 Å². The molecule has 4 rings (SSSR count). The number of aromatic amines is 1. The van der Waals surface area contributed by atoms with E-state index in [4.69, 9.17) is 11.6 Å². The van der Waals surface area contributed by atoms with Crippen LogP contribution in [-0.4, -0.2) is 15.3 Å². The average Bonchev–Trinajstić information content (AvgIpc) is 3.27. The van der Waals surface area contributed by atoms with E-state index in [-0.39, 0.29) is 28.2 Å². The van der Waals surface area contributed by atoms with Crippen LogP contribution in [0, 0.1) is 40.4 Å². The van der Waals surface area contributed by atoms with Crippen LogP contribution in [0.3, 0.4) is 0 Å². The minimum Gasteiger partial charge on any atom is -0.327 e. The second kappa shape index (κ2) is 13.2. The fraction of sp³-hybridized carbons (Fsp3) is 0.622. The molecule has 1 amide bonds. The van der Waals surface area contributed by atoms with Gasteiger partial charge in [-0.3, -0.25) is 14.0 Å². The molecule has 0 aliphatic heterocycles. The van der Waals surface area contributed by atoms with Gasteiger partial charge in [0, 0.05) is 34.3 Å². The Morgan fingerprint density at radius 2 is 1.65 bits per heavy atom. The van der Waals surface area contributed by atoms with Crippen LogP contribution < -0.4 is 10.9 Å². The van der Waals surface area contributed by atoms with Crippen molar-refractivity contribution in [3.63, 3.8) is 0 Å². The Morgan fingerprint density at radius 1 is 1.05 bits per heavy atom. The molecule has 2 heterocycles. The molecule has 3 aromatic rings. The summed E-state index contributed by atoms with van der Waals surface area (Å²) in [4.78, 5) is 30.4. The molecular weight excluding hydrogens is 554 g/mol. The number of H-pyrrole nitrogens is 1. The topological polar surface area (TPSA) is 66.4 Å². The lowest BCUT2D eigenvalue weighted by Gasteiger charge is -2.51. The summed E-state index contributed by atoms with van der Waals surface area (Å²) in [5, 5.41) is 3.75. The number of nitrogens with one attached hydrogen (secondary N) is 2. The van der Waals surface area contributed by atoms with Gasteiger partial charge in [0.15, 0.2) is 0 Å². The van der Waals surface area contributed by atoms with E-state index >= 15 is 0 Å². The molecule has 1 aliphatic carbocycles. The van der Waals surface area contributed by atoms with Gasteiger partial charge in [0.05, 0.1) is 0 Å². The van der Waals surface area contributed by atoms with Gasteiger partial charge >= 0.3 is 0 Å². The van der Waals surface area contributed by atoms with E-state index < -0.39 is 0 Å². The molecule has 3 unspecified atom stereocenters. The van der Waals surface area contributed by atoms with Crippen LogP contribution >= 0.6 is 11.6 Å². The second-order valence-corrected chi connectivity index (χ2v) is 15.8. The summed E-state index contributed by atoms with van der Waals surface area (Å²) in [6.45, 7) is 20.9. The van der Waals surface area contributed by atoms with Crippen molar-refractivity contribution >= 4 is 29.0 Å². The van der Waals surface area contributed by atoms with Crippen LogP contribution in [0.25, 0.3) is 16.8 Å². The first-order valence-electron chi connectivity index (χ1n) is 16.5. The monoisotopic (exact) mass is 607 g/mol. The Morgan fingerprint density at radius 3 is 2.19 bits per heavy atom. The van der Waals surface area contributed by atoms with Crippen LogP contribution in [0.5, 0.6) is 0 Å². The maximum Gasteiger partial charge on any atom is 0.259 e. The van der Waals surface area contributed by atoms with Crippen molar-refractivity contribution in [2.24, 2.45) is 40.4 Å². The molecule has 0 bridgehead atoms. The highest BCUT2D eigenvalue weighted by Crippen LogP contribution is 2.53. The first-order chi connectivity index (χ1) is 20.1. The molecular formula is C37H54ClN3O2. The molecule has 6 heteroatoms. The van der Waals surface area contributed by atoms with Gasteiger partial charge in [-0.25, -0.2) is 0 Å². The van der Waals surface area contributed by atoms with Crippen molar-refractivity contribution in [2.75, 3.05) is 5.32 Å². The van der Waals surface area contributed by atoms with Gasteiger partial charge in [0.1, 0.15) is 11.5 Å². The molecule has 5 nitrogen and oxygen atoms in total. The zero-order valence-electron chi connectivity index (χ0n) is 27.9. The van der Waals surface area contributed by atoms with Gasteiger partial charge < -0.3 is 10.3 Å². The fourth-order valence-electron chi connectivity index (χ4n) is 7.67. The summed E-state index contributed by atoms with van der Waals surface area (Å²) < 4.78 is 1.73. The average molecular weight is 608 g/mol. The summed E-state index contributed by atoms with van der Waals surface area (Å²) in [6.07, 6.45) is 8.93. The number of unbranched alkanes of at least 4 members (excludes halogenated alkanes) is 1. The summed E-state index contributed by atoms with van der Waals surface area (Å²) in [6, 6.07) is 9.42. The summed E-state index contributed by atoms with van der Waals surface area (Å²) in [7, 11) is 0. The van der Waals surface area contributed by atoms with Crippen molar-refractivity contribution in [2.45, 2.75) is 107 Å². The first kappa shape index (κ1) is 33.4. The molecule has 0 radical (unpaired) electrons. The Bertz CT molecular complexity index is 1430. The summed E-state index contributed by atoms with van der Waals surface area (Å²) in [5.74, 6) is 2.56. The van der Waals surface area contributed by atoms with Gasteiger partial charge in [-0.15, -0.1) is 0 Å². The van der Waals surface area contributed by atoms with Gasteiger partial charge in [-0.1, -0.05) is 98.9 Å². The van der Waals surface area contributed by atoms with Crippen LogP contribution in [0.15, 0.2) is 41.3 Å². The van der Waals surface area contributed by atoms with Gasteiger partial charge in [0.25, 0.3) is 5.56 Å². The van der Waals surface area contributed by atoms with Crippen molar-refractivity contribution in [3.8, 4) is 11.1 Å². The maximum absolute atomic E-state index is 13.6. The van der Waals surface area contributed by atoms with Crippen LogP contribution in [0.2, 0.25) is 5.02 Å². The summed E-state index contributed by atoms with van der Waals surface area (Å²) in [5.41, 5.74) is 4.14. The van der Waals surface area contributed by atoms with E-state index in [9.17, 15) is 9.59 Å². The SMILES string of the molecule is CCCCC(CC)C(=O)Nc1cc(=O)n2cc(-c3ccc(Cl)cc3)c(CC3C(C(C)(C)C)CC(C)CC3C(C)(C)C)c2[nH]1. The zero-order chi connectivity index (χ0) is 31.7. The van der Waals surface area contributed by atoms with E-state index in [0.29, 0.717) is 34.5 Å². The third-order valence-electron chi connectivity index (χ3n) is 10.1. The lowest BCUT2D eigenvalue weighted by molar-refractivity contribution is -0.120. The predicted octanol–water partition coefficient (Wildman–Crippen LogP) is 10.0. The van der Waals surface area contributed by atoms with E-state index in [1.807, 2.05) is 30.5 Å². The number of hydrogen-bond acceptors (Lipinski definition) is 2. The fourth-order valence-corrected chi connectivity index (χ4v) is 7.80. The molecule has 236 valence electrons. The zero-order valence-corrected chi connectivity index (χ0v) is 28.7. The quantitative estimate of drug-likeness (QED) is 0.254.